The molecule has 0 aliphatic rings. The molecule has 2 N–H and O–H groups in total. The van der Waals surface area contributed by atoms with Crippen molar-refractivity contribution >= 4 is 27.9 Å². The molecule has 0 saturated heterocycles. The van der Waals surface area contributed by atoms with Gasteiger partial charge in [0.25, 0.3) is 0 Å². The van der Waals surface area contributed by atoms with E-state index in [9.17, 15) is 0 Å². The Bertz CT molecular complexity index is 610. The van der Waals surface area contributed by atoms with Crippen molar-refractivity contribution in [1.82, 2.24) is 9.55 Å². The van der Waals surface area contributed by atoms with Crippen LogP contribution in [0, 0.1) is 0 Å². The normalized spacial score (nSPS) is 11.0. The van der Waals surface area contributed by atoms with Gasteiger partial charge in [-0.3, -0.25) is 0 Å². The van der Waals surface area contributed by atoms with Gasteiger partial charge < -0.3 is 10.3 Å². The molecule has 0 saturated carbocycles. The summed E-state index contributed by atoms with van der Waals surface area (Å²) in [4.78, 5) is 4.28. The number of benzene rings is 1. The zero-order chi connectivity index (χ0) is 11.0. The van der Waals surface area contributed by atoms with Crippen LogP contribution in [0.1, 0.15) is 5.01 Å². The smallest absolute Gasteiger partial charge is 0.112 e. The van der Waals surface area contributed by atoms with Crippen LogP contribution < -0.4 is 5.73 Å². The number of hydrogen-bond acceptors (Lipinski definition) is 3. The second-order valence-electron chi connectivity index (χ2n) is 3.65. The van der Waals surface area contributed by atoms with E-state index in [1.54, 1.807) is 11.3 Å². The predicted octanol–water partition coefficient (Wildman–Crippen LogP) is 2.73. The van der Waals surface area contributed by atoms with E-state index >= 15 is 0 Å². The molecular weight excluding hydrogens is 218 g/mol. The van der Waals surface area contributed by atoms with Gasteiger partial charge in [-0.1, -0.05) is 12.1 Å². The van der Waals surface area contributed by atoms with Gasteiger partial charge in [-0.05, 0) is 12.1 Å². The number of thiazole rings is 1. The largest absolute Gasteiger partial charge is 0.397 e. The fourth-order valence-corrected chi connectivity index (χ4v) is 2.51. The molecule has 4 heteroatoms. The van der Waals surface area contributed by atoms with Crippen molar-refractivity contribution < 1.29 is 0 Å². The van der Waals surface area contributed by atoms with Crippen molar-refractivity contribution in [3.63, 3.8) is 0 Å². The van der Waals surface area contributed by atoms with Crippen LogP contribution in [0.2, 0.25) is 0 Å². The average molecular weight is 229 g/mol. The second kappa shape index (κ2) is 3.64. The third-order valence-electron chi connectivity index (χ3n) is 2.61. The number of nitrogen functional groups attached to an aromatic ring is 1. The Morgan fingerprint density at radius 2 is 2.25 bits per heavy atom. The van der Waals surface area contributed by atoms with E-state index in [1.807, 2.05) is 23.7 Å². The fraction of sp³-hybridized carbons (Fsp3) is 0.0833. The van der Waals surface area contributed by atoms with Crippen LogP contribution >= 0.6 is 11.3 Å². The Labute approximate surface area is 97.2 Å². The molecule has 0 bridgehead atoms. The first-order valence-electron chi connectivity index (χ1n) is 5.06. The maximum atomic E-state index is 5.99. The van der Waals surface area contributed by atoms with Crippen LogP contribution in [0.3, 0.4) is 0 Å². The number of aromatic nitrogens is 2. The molecule has 1 aromatic carbocycles. The molecule has 0 fully saturated rings. The van der Waals surface area contributed by atoms with Crippen molar-refractivity contribution in [3.05, 3.63) is 47.0 Å². The zero-order valence-corrected chi connectivity index (χ0v) is 9.45. The Hall–Kier alpha value is -1.81. The molecule has 0 atom stereocenters. The van der Waals surface area contributed by atoms with Gasteiger partial charge in [0.1, 0.15) is 5.01 Å². The third-order valence-corrected chi connectivity index (χ3v) is 3.37. The fourth-order valence-electron chi connectivity index (χ4n) is 1.90. The van der Waals surface area contributed by atoms with Gasteiger partial charge in [-0.25, -0.2) is 4.98 Å². The maximum Gasteiger partial charge on any atom is 0.112 e. The molecule has 0 radical (unpaired) electrons. The molecule has 0 unspecified atom stereocenters. The van der Waals surface area contributed by atoms with Gasteiger partial charge in [0.05, 0.1) is 17.7 Å². The molecule has 0 aliphatic carbocycles. The minimum absolute atomic E-state index is 0.787. The van der Waals surface area contributed by atoms with Crippen molar-refractivity contribution in [2.45, 2.75) is 6.54 Å². The molecule has 3 rings (SSSR count). The summed E-state index contributed by atoms with van der Waals surface area (Å²) >= 11 is 1.66. The molecular formula is C12H11N3S. The van der Waals surface area contributed by atoms with Crippen LogP contribution in [-0.2, 0) is 6.54 Å². The summed E-state index contributed by atoms with van der Waals surface area (Å²) in [6, 6.07) is 8.06. The van der Waals surface area contributed by atoms with E-state index in [4.69, 9.17) is 5.73 Å². The minimum atomic E-state index is 0.787. The quantitative estimate of drug-likeness (QED) is 0.687. The Morgan fingerprint density at radius 3 is 3.06 bits per heavy atom. The van der Waals surface area contributed by atoms with Crippen molar-refractivity contribution in [3.8, 4) is 0 Å². The molecule has 0 aliphatic heterocycles. The number of nitrogens with zero attached hydrogens (tertiary/aromatic N) is 2. The maximum absolute atomic E-state index is 5.99. The molecule has 0 amide bonds. The van der Waals surface area contributed by atoms with E-state index in [-0.39, 0.29) is 0 Å². The van der Waals surface area contributed by atoms with Gasteiger partial charge in [-0.15, -0.1) is 11.3 Å². The molecule has 2 aromatic heterocycles. The summed E-state index contributed by atoms with van der Waals surface area (Å²) in [6.45, 7) is 0.787. The van der Waals surface area contributed by atoms with E-state index < -0.39 is 0 Å². The summed E-state index contributed by atoms with van der Waals surface area (Å²) in [6.07, 6.45) is 3.89. The lowest BCUT2D eigenvalue weighted by atomic mass is 10.2. The van der Waals surface area contributed by atoms with Crippen molar-refractivity contribution in [2.75, 3.05) is 5.73 Å². The molecule has 16 heavy (non-hydrogen) atoms. The SMILES string of the molecule is Nc1cccc2ccn(Cc3nccs3)c12. The first-order valence-corrected chi connectivity index (χ1v) is 5.94. The topological polar surface area (TPSA) is 43.8 Å². The van der Waals surface area contributed by atoms with E-state index in [1.165, 1.54) is 5.39 Å². The van der Waals surface area contributed by atoms with Crippen LogP contribution in [-0.4, -0.2) is 9.55 Å². The highest BCUT2D eigenvalue weighted by atomic mass is 32.1. The number of rotatable bonds is 2. The van der Waals surface area contributed by atoms with Gasteiger partial charge in [0, 0.05) is 23.2 Å². The minimum Gasteiger partial charge on any atom is -0.397 e. The highest BCUT2D eigenvalue weighted by Gasteiger charge is 2.05. The lowest BCUT2D eigenvalue weighted by molar-refractivity contribution is 0.829. The third kappa shape index (κ3) is 1.47. The van der Waals surface area contributed by atoms with Crippen LogP contribution in [0.15, 0.2) is 42.0 Å². The summed E-state index contributed by atoms with van der Waals surface area (Å²) < 4.78 is 2.14. The van der Waals surface area contributed by atoms with Crippen LogP contribution in [0.5, 0.6) is 0 Å². The summed E-state index contributed by atoms with van der Waals surface area (Å²) in [5.41, 5.74) is 7.91. The standard InChI is InChI=1S/C12H11N3S/c13-10-3-1-2-9-4-6-15(12(9)10)8-11-14-5-7-16-11/h1-7H,8,13H2. The molecule has 80 valence electrons. The molecule has 0 spiro atoms. The van der Waals surface area contributed by atoms with Crippen LogP contribution in [0.25, 0.3) is 10.9 Å². The monoisotopic (exact) mass is 229 g/mol. The average Bonchev–Trinajstić information content (AvgIpc) is 2.90. The Kier molecular flexibility index (Phi) is 2.15. The molecule has 3 aromatic rings. The first-order chi connectivity index (χ1) is 7.84. The highest BCUT2D eigenvalue weighted by molar-refractivity contribution is 7.09. The van der Waals surface area contributed by atoms with Gasteiger partial charge in [-0.2, -0.15) is 0 Å². The number of nitrogens with two attached hydrogens (primary N) is 1. The number of hydrogen-bond donors (Lipinski definition) is 1. The van der Waals surface area contributed by atoms with Crippen molar-refractivity contribution in [2.24, 2.45) is 0 Å². The lowest BCUT2D eigenvalue weighted by Gasteiger charge is -2.04. The van der Waals surface area contributed by atoms with Gasteiger partial charge in [0.2, 0.25) is 0 Å². The molecule has 3 nitrogen and oxygen atoms in total. The van der Waals surface area contributed by atoms with Gasteiger partial charge >= 0.3 is 0 Å². The Balaban J connectivity index is 2.10. The summed E-state index contributed by atoms with van der Waals surface area (Å²) in [5, 5.41) is 4.27. The lowest BCUT2D eigenvalue weighted by Crippen LogP contribution is -1.99. The first kappa shape index (κ1) is 9.42. The second-order valence-corrected chi connectivity index (χ2v) is 4.63. The zero-order valence-electron chi connectivity index (χ0n) is 8.63. The number of fused-ring (bicyclic) bond motifs is 1. The number of para-hydroxylation sites is 1. The van der Waals surface area contributed by atoms with E-state index in [0.717, 1.165) is 22.8 Å². The van der Waals surface area contributed by atoms with Crippen LogP contribution in [0.4, 0.5) is 5.69 Å². The van der Waals surface area contributed by atoms with E-state index in [2.05, 4.69) is 27.9 Å². The predicted molar refractivity (Wildman–Crippen MR) is 67.6 cm³/mol. The summed E-state index contributed by atoms with van der Waals surface area (Å²) in [5.74, 6) is 0. The number of anilines is 1. The summed E-state index contributed by atoms with van der Waals surface area (Å²) in [7, 11) is 0. The Morgan fingerprint density at radius 1 is 1.31 bits per heavy atom. The molecule has 2 heterocycles. The van der Waals surface area contributed by atoms with Gasteiger partial charge in [0.15, 0.2) is 0 Å². The highest BCUT2D eigenvalue weighted by Crippen LogP contribution is 2.23. The van der Waals surface area contributed by atoms with Crippen molar-refractivity contribution in [1.29, 1.82) is 0 Å². The van der Waals surface area contributed by atoms with E-state index in [0.29, 0.717) is 0 Å².